The Balaban J connectivity index is 1.45. The number of para-hydroxylation sites is 2. The molecule has 0 atom stereocenters. The number of aromatic nitrogens is 3. The molecule has 1 aromatic heterocycles. The molecule has 3 aromatic rings. The van der Waals surface area contributed by atoms with E-state index in [2.05, 4.69) is 39.0 Å². The summed E-state index contributed by atoms with van der Waals surface area (Å²) in [4.78, 5) is 0. The van der Waals surface area contributed by atoms with Crippen molar-refractivity contribution in [1.82, 2.24) is 14.8 Å². The second-order valence-electron chi connectivity index (χ2n) is 5.80. The maximum Gasteiger partial charge on any atom is 0.195 e. The van der Waals surface area contributed by atoms with Gasteiger partial charge in [-0.3, -0.25) is 4.57 Å². The third kappa shape index (κ3) is 3.46. The fourth-order valence-electron chi connectivity index (χ4n) is 2.61. The first-order chi connectivity index (χ1) is 11.9. The molecular weight excluding hydrogens is 318 g/mol. The fraction of sp³-hybridized carbons (Fsp3) is 0.263. The zero-order chi connectivity index (χ0) is 16.2. The molecule has 2 aromatic carbocycles. The van der Waals surface area contributed by atoms with Gasteiger partial charge in [-0.05, 0) is 37.1 Å². The summed E-state index contributed by atoms with van der Waals surface area (Å²) in [7, 11) is 0. The summed E-state index contributed by atoms with van der Waals surface area (Å²) in [6.07, 6.45) is 2.43. The largest absolute Gasteiger partial charge is 0.493 e. The number of benzene rings is 2. The lowest BCUT2D eigenvalue weighted by molar-refractivity contribution is 0.344. The van der Waals surface area contributed by atoms with Gasteiger partial charge in [-0.25, -0.2) is 0 Å². The normalized spacial score (nSPS) is 13.8. The molecule has 1 aliphatic rings. The predicted molar refractivity (Wildman–Crippen MR) is 96.0 cm³/mol. The topological polar surface area (TPSA) is 39.9 Å². The smallest absolute Gasteiger partial charge is 0.195 e. The third-order valence-corrected chi connectivity index (χ3v) is 4.83. The zero-order valence-electron chi connectivity index (χ0n) is 13.3. The summed E-state index contributed by atoms with van der Waals surface area (Å²) in [5.41, 5.74) is 1.14. The lowest BCUT2D eigenvalue weighted by Gasteiger charge is -2.10. The number of ether oxygens (including phenoxy) is 1. The first-order valence-corrected chi connectivity index (χ1v) is 9.22. The van der Waals surface area contributed by atoms with Crippen molar-refractivity contribution in [2.24, 2.45) is 0 Å². The molecule has 122 valence electrons. The minimum absolute atomic E-state index is 0.563. The Morgan fingerprint density at radius 3 is 2.38 bits per heavy atom. The summed E-state index contributed by atoms with van der Waals surface area (Å²) in [6, 6.07) is 20.3. The number of hydrogen-bond donors (Lipinski definition) is 0. The van der Waals surface area contributed by atoms with Gasteiger partial charge in [-0.15, -0.1) is 10.2 Å². The lowest BCUT2D eigenvalue weighted by atomic mass is 10.3. The average Bonchev–Trinajstić information content (AvgIpc) is 3.40. The van der Waals surface area contributed by atoms with Crippen molar-refractivity contribution in [2.75, 3.05) is 12.4 Å². The maximum atomic E-state index is 5.76. The van der Waals surface area contributed by atoms with Gasteiger partial charge >= 0.3 is 0 Å². The summed E-state index contributed by atoms with van der Waals surface area (Å²) < 4.78 is 7.96. The highest BCUT2D eigenvalue weighted by Crippen LogP contribution is 2.41. The Labute approximate surface area is 145 Å². The summed E-state index contributed by atoms with van der Waals surface area (Å²) >= 11 is 1.69. The molecule has 0 unspecified atom stereocenters. The minimum Gasteiger partial charge on any atom is -0.493 e. The first-order valence-electron chi connectivity index (χ1n) is 8.23. The van der Waals surface area contributed by atoms with E-state index in [-0.39, 0.29) is 0 Å². The Kier molecular flexibility index (Phi) is 4.51. The molecule has 0 spiro atoms. The van der Waals surface area contributed by atoms with Crippen LogP contribution in [-0.2, 0) is 0 Å². The molecule has 0 aliphatic heterocycles. The predicted octanol–water partition coefficient (Wildman–Crippen LogP) is 4.32. The van der Waals surface area contributed by atoms with Crippen LogP contribution in [0.3, 0.4) is 0 Å². The number of thioether (sulfide) groups is 1. The van der Waals surface area contributed by atoms with Gasteiger partial charge in [0.2, 0.25) is 0 Å². The van der Waals surface area contributed by atoms with E-state index in [1.807, 2.05) is 36.4 Å². The van der Waals surface area contributed by atoms with Gasteiger partial charge in [-0.1, -0.05) is 48.2 Å². The monoisotopic (exact) mass is 337 g/mol. The number of nitrogens with zero attached hydrogens (tertiary/aromatic N) is 3. The van der Waals surface area contributed by atoms with E-state index in [1.165, 1.54) is 12.8 Å². The van der Waals surface area contributed by atoms with Crippen LogP contribution in [-0.4, -0.2) is 27.1 Å². The molecule has 0 amide bonds. The Morgan fingerprint density at radius 1 is 0.958 bits per heavy atom. The van der Waals surface area contributed by atoms with E-state index >= 15 is 0 Å². The van der Waals surface area contributed by atoms with Crippen molar-refractivity contribution >= 4 is 11.8 Å². The Morgan fingerprint density at radius 2 is 1.67 bits per heavy atom. The number of rotatable bonds is 7. The number of hydrogen-bond acceptors (Lipinski definition) is 4. The van der Waals surface area contributed by atoms with Crippen molar-refractivity contribution in [3.63, 3.8) is 0 Å². The quantitative estimate of drug-likeness (QED) is 0.476. The highest BCUT2D eigenvalue weighted by molar-refractivity contribution is 7.99. The molecule has 5 heteroatoms. The van der Waals surface area contributed by atoms with Gasteiger partial charge in [0, 0.05) is 17.4 Å². The molecule has 0 radical (unpaired) electrons. The van der Waals surface area contributed by atoms with Crippen LogP contribution in [0.4, 0.5) is 0 Å². The average molecular weight is 337 g/mol. The van der Waals surface area contributed by atoms with Crippen molar-refractivity contribution < 1.29 is 4.74 Å². The van der Waals surface area contributed by atoms with Crippen LogP contribution < -0.4 is 4.74 Å². The molecule has 0 bridgehead atoms. The molecule has 0 saturated heterocycles. The van der Waals surface area contributed by atoms with Crippen LogP contribution in [0.1, 0.15) is 24.6 Å². The third-order valence-electron chi connectivity index (χ3n) is 3.94. The van der Waals surface area contributed by atoms with E-state index in [9.17, 15) is 0 Å². The van der Waals surface area contributed by atoms with Crippen LogP contribution >= 0.6 is 11.8 Å². The van der Waals surface area contributed by atoms with Gasteiger partial charge in [-0.2, -0.15) is 0 Å². The second kappa shape index (κ2) is 7.09. The van der Waals surface area contributed by atoms with Crippen molar-refractivity contribution in [1.29, 1.82) is 0 Å². The van der Waals surface area contributed by atoms with E-state index in [4.69, 9.17) is 4.74 Å². The summed E-state index contributed by atoms with van der Waals surface area (Å²) in [5, 5.41) is 9.81. The van der Waals surface area contributed by atoms with Gasteiger partial charge in [0.15, 0.2) is 5.16 Å². The van der Waals surface area contributed by atoms with Crippen molar-refractivity contribution in [3.05, 3.63) is 66.5 Å². The summed E-state index contributed by atoms with van der Waals surface area (Å²) in [6.45, 7) is 0.648. The molecule has 0 N–H and O–H groups in total. The van der Waals surface area contributed by atoms with E-state index in [0.717, 1.165) is 28.2 Å². The lowest BCUT2D eigenvalue weighted by Crippen LogP contribution is -2.04. The zero-order valence-corrected chi connectivity index (χ0v) is 14.2. The van der Waals surface area contributed by atoms with E-state index in [0.29, 0.717) is 12.5 Å². The highest BCUT2D eigenvalue weighted by Gasteiger charge is 2.30. The summed E-state index contributed by atoms with van der Waals surface area (Å²) in [5.74, 6) is 3.39. The Hall–Kier alpha value is -2.27. The molecule has 24 heavy (non-hydrogen) atoms. The van der Waals surface area contributed by atoms with Crippen LogP contribution in [0, 0.1) is 0 Å². The van der Waals surface area contributed by atoms with Crippen LogP contribution in [0.15, 0.2) is 65.8 Å². The SMILES string of the molecule is c1ccc(OCCSc2nnc(C3CC3)n2-c2ccccc2)cc1. The van der Waals surface area contributed by atoms with E-state index < -0.39 is 0 Å². The second-order valence-corrected chi connectivity index (χ2v) is 6.86. The van der Waals surface area contributed by atoms with Crippen LogP contribution in [0.25, 0.3) is 5.69 Å². The first kappa shape index (κ1) is 15.3. The van der Waals surface area contributed by atoms with Gasteiger partial charge in [0.1, 0.15) is 11.6 Å². The standard InChI is InChI=1S/C19H19N3OS/c1-3-7-16(8-4-1)22-18(15-11-12-15)20-21-19(22)24-14-13-23-17-9-5-2-6-10-17/h1-10,15H,11-14H2. The molecule has 1 fully saturated rings. The van der Waals surface area contributed by atoms with Crippen LogP contribution in [0.5, 0.6) is 5.75 Å². The minimum atomic E-state index is 0.563. The van der Waals surface area contributed by atoms with Gasteiger partial charge in [0.05, 0.1) is 6.61 Å². The van der Waals surface area contributed by atoms with Crippen molar-refractivity contribution in [2.45, 2.75) is 23.9 Å². The fourth-order valence-corrected chi connectivity index (χ4v) is 3.39. The maximum absolute atomic E-state index is 5.76. The van der Waals surface area contributed by atoms with Gasteiger partial charge < -0.3 is 4.74 Å². The highest BCUT2D eigenvalue weighted by atomic mass is 32.2. The Bertz CT molecular complexity index is 785. The molecule has 4 nitrogen and oxygen atoms in total. The van der Waals surface area contributed by atoms with E-state index in [1.54, 1.807) is 11.8 Å². The molecule has 1 heterocycles. The molecule has 4 rings (SSSR count). The van der Waals surface area contributed by atoms with Gasteiger partial charge in [0.25, 0.3) is 0 Å². The molecule has 1 saturated carbocycles. The van der Waals surface area contributed by atoms with Crippen molar-refractivity contribution in [3.8, 4) is 11.4 Å². The molecular formula is C19H19N3OS. The molecule has 1 aliphatic carbocycles. The van der Waals surface area contributed by atoms with Crippen LogP contribution in [0.2, 0.25) is 0 Å².